The van der Waals surface area contributed by atoms with Gasteiger partial charge in [-0.1, -0.05) is 23.8 Å². The summed E-state index contributed by atoms with van der Waals surface area (Å²) in [6, 6.07) is 13.0. The van der Waals surface area contributed by atoms with Crippen LogP contribution in [0.4, 0.5) is 11.4 Å². The third-order valence-corrected chi connectivity index (χ3v) is 9.12. The minimum absolute atomic E-state index is 0.0632. The normalized spacial score (nSPS) is 27.1. The summed E-state index contributed by atoms with van der Waals surface area (Å²) in [4.78, 5) is 47.7. The number of nitrogens with zero attached hydrogens (tertiary/aromatic N) is 3. The van der Waals surface area contributed by atoms with Gasteiger partial charge >= 0.3 is 0 Å². The van der Waals surface area contributed by atoms with E-state index in [0.29, 0.717) is 41.6 Å². The SMILES string of the molecule is C=CCN(C(=O)C1N(CCO)C(=O)[C@@H]2[C@H](C(=O)N(CC=C)c3ccc(OCC)cc3)[C@]3(C)CCC12O3)c1ccc(Cl)cc1. The highest BCUT2D eigenvalue weighted by Gasteiger charge is 2.78. The van der Waals surface area contributed by atoms with Crippen molar-refractivity contribution < 1.29 is 29.0 Å². The van der Waals surface area contributed by atoms with Crippen LogP contribution in [0.1, 0.15) is 26.7 Å². The van der Waals surface area contributed by atoms with Gasteiger partial charge in [0.15, 0.2) is 0 Å². The second-order valence-corrected chi connectivity index (χ2v) is 11.8. The highest BCUT2D eigenvalue weighted by Crippen LogP contribution is 2.63. The van der Waals surface area contributed by atoms with Gasteiger partial charge in [-0.3, -0.25) is 14.4 Å². The number of likely N-dealkylation sites (tertiary alicyclic amines) is 1. The lowest BCUT2D eigenvalue weighted by Gasteiger charge is -2.36. The number of carbonyl (C=O) groups is 3. The molecule has 3 aliphatic rings. The van der Waals surface area contributed by atoms with Crippen molar-refractivity contribution in [3.63, 3.8) is 0 Å². The molecule has 0 aliphatic carbocycles. The molecule has 5 rings (SSSR count). The van der Waals surface area contributed by atoms with Crippen LogP contribution in [0.5, 0.6) is 5.75 Å². The molecule has 228 valence electrons. The van der Waals surface area contributed by atoms with Crippen LogP contribution < -0.4 is 14.5 Å². The highest BCUT2D eigenvalue weighted by atomic mass is 35.5. The fourth-order valence-electron chi connectivity index (χ4n) is 7.16. The zero-order chi connectivity index (χ0) is 30.9. The summed E-state index contributed by atoms with van der Waals surface area (Å²) in [7, 11) is 0. The van der Waals surface area contributed by atoms with Crippen LogP contribution in [0, 0.1) is 11.8 Å². The van der Waals surface area contributed by atoms with E-state index in [4.69, 9.17) is 21.1 Å². The first-order chi connectivity index (χ1) is 20.7. The molecule has 9 nitrogen and oxygen atoms in total. The Morgan fingerprint density at radius 2 is 1.63 bits per heavy atom. The third kappa shape index (κ3) is 5.13. The van der Waals surface area contributed by atoms with Gasteiger partial charge in [-0.05, 0) is 75.2 Å². The summed E-state index contributed by atoms with van der Waals surface area (Å²) in [5.41, 5.74) is -0.971. The zero-order valence-electron chi connectivity index (χ0n) is 24.6. The molecule has 3 fully saturated rings. The molecule has 10 heteroatoms. The van der Waals surface area contributed by atoms with Gasteiger partial charge in [0.1, 0.15) is 17.4 Å². The van der Waals surface area contributed by atoms with Crippen molar-refractivity contribution in [3.8, 4) is 5.75 Å². The number of rotatable bonds is 12. The number of anilines is 2. The van der Waals surface area contributed by atoms with Crippen molar-refractivity contribution in [2.75, 3.05) is 42.6 Å². The van der Waals surface area contributed by atoms with E-state index >= 15 is 0 Å². The maximum atomic E-state index is 14.5. The van der Waals surface area contributed by atoms with E-state index in [1.54, 1.807) is 70.5 Å². The van der Waals surface area contributed by atoms with Gasteiger partial charge in [0, 0.05) is 36.0 Å². The Morgan fingerprint density at radius 3 is 2.19 bits per heavy atom. The van der Waals surface area contributed by atoms with Gasteiger partial charge in [0.2, 0.25) is 11.8 Å². The molecular formula is C33H38ClN3O6. The number of aliphatic hydroxyl groups excluding tert-OH is 1. The first-order valence-corrected chi connectivity index (χ1v) is 15.0. The first-order valence-electron chi connectivity index (χ1n) is 14.6. The molecule has 1 N–H and O–H groups in total. The van der Waals surface area contributed by atoms with Crippen molar-refractivity contribution in [2.45, 2.75) is 43.9 Å². The molecule has 5 atom stereocenters. The predicted octanol–water partition coefficient (Wildman–Crippen LogP) is 4.23. The van der Waals surface area contributed by atoms with Gasteiger partial charge in [0.05, 0.1) is 30.7 Å². The van der Waals surface area contributed by atoms with E-state index in [1.807, 2.05) is 13.8 Å². The molecule has 43 heavy (non-hydrogen) atoms. The Morgan fingerprint density at radius 1 is 1.05 bits per heavy atom. The number of amides is 3. The molecule has 0 aromatic heterocycles. The highest BCUT2D eigenvalue weighted by molar-refractivity contribution is 6.30. The summed E-state index contributed by atoms with van der Waals surface area (Å²) in [5, 5.41) is 10.5. The zero-order valence-corrected chi connectivity index (χ0v) is 25.3. The molecule has 0 saturated carbocycles. The van der Waals surface area contributed by atoms with E-state index in [-0.39, 0.29) is 44.0 Å². The van der Waals surface area contributed by atoms with Gasteiger partial charge < -0.3 is 29.3 Å². The Labute approximate surface area is 257 Å². The van der Waals surface area contributed by atoms with Crippen molar-refractivity contribution in [2.24, 2.45) is 11.8 Å². The number of halogens is 1. The summed E-state index contributed by atoms with van der Waals surface area (Å²) in [5.74, 6) is -2.06. The van der Waals surface area contributed by atoms with E-state index in [1.165, 1.54) is 4.90 Å². The standard InChI is InChI=1S/C33H38ClN3O6/c1-5-18-35(24-12-14-25(15-13-24)42-7-3)29(39)26-27-30(40)37(20-21-38)28(33(27)17-16-32(26,4)43-33)31(41)36(19-6-2)23-10-8-22(34)9-11-23/h5-6,8-15,26-28,38H,1-2,7,16-21H2,3-4H3/t26-,27+,28?,32+,33?/m1/s1. The Balaban J connectivity index is 1.55. The van der Waals surface area contributed by atoms with Gasteiger partial charge in [-0.15, -0.1) is 13.2 Å². The number of aliphatic hydroxyl groups is 1. The molecule has 3 aliphatic heterocycles. The molecule has 2 bridgehead atoms. The van der Waals surface area contributed by atoms with E-state index in [2.05, 4.69) is 13.2 Å². The Kier molecular flexibility index (Phi) is 8.70. The molecule has 0 radical (unpaired) electrons. The number of ether oxygens (including phenoxy) is 2. The molecule has 2 aromatic carbocycles. The number of β-amino-alcohol motifs (C(OH)–C–C–N with tert-alkyl or cyclic N) is 1. The summed E-state index contributed by atoms with van der Waals surface area (Å²) in [6.07, 6.45) is 4.17. The smallest absolute Gasteiger partial charge is 0.253 e. The quantitative estimate of drug-likeness (QED) is 0.363. The number of hydrogen-bond acceptors (Lipinski definition) is 6. The monoisotopic (exact) mass is 607 g/mol. The van der Waals surface area contributed by atoms with Crippen LogP contribution in [-0.2, 0) is 19.1 Å². The average Bonchev–Trinajstić information content (AvgIpc) is 3.56. The lowest BCUT2D eigenvalue weighted by atomic mass is 9.66. The second kappa shape index (κ2) is 12.1. The van der Waals surface area contributed by atoms with E-state index < -0.39 is 29.1 Å². The summed E-state index contributed by atoms with van der Waals surface area (Å²) in [6.45, 7) is 12.0. The van der Waals surface area contributed by atoms with Crippen molar-refractivity contribution in [1.29, 1.82) is 0 Å². The topological polar surface area (TPSA) is 99.6 Å². The molecule has 1 spiro atoms. The predicted molar refractivity (Wildman–Crippen MR) is 165 cm³/mol. The van der Waals surface area contributed by atoms with Crippen LogP contribution in [-0.4, -0.2) is 77.8 Å². The molecule has 3 amide bonds. The molecule has 3 saturated heterocycles. The third-order valence-electron chi connectivity index (χ3n) is 8.87. The minimum atomic E-state index is -1.23. The molecule has 2 unspecified atom stereocenters. The van der Waals surface area contributed by atoms with E-state index in [0.717, 1.165) is 0 Å². The number of benzene rings is 2. The lowest BCUT2D eigenvalue weighted by Crippen LogP contribution is -2.57. The largest absolute Gasteiger partial charge is 0.494 e. The van der Waals surface area contributed by atoms with Crippen LogP contribution in [0.15, 0.2) is 73.8 Å². The molecule has 2 aromatic rings. The number of hydrogen-bond donors (Lipinski definition) is 1. The first kappa shape index (κ1) is 30.8. The van der Waals surface area contributed by atoms with Gasteiger partial charge in [-0.2, -0.15) is 0 Å². The van der Waals surface area contributed by atoms with Crippen LogP contribution in [0.2, 0.25) is 5.02 Å². The van der Waals surface area contributed by atoms with Crippen LogP contribution in [0.3, 0.4) is 0 Å². The van der Waals surface area contributed by atoms with Crippen molar-refractivity contribution in [1.82, 2.24) is 4.90 Å². The summed E-state index contributed by atoms with van der Waals surface area (Å²) >= 11 is 6.11. The maximum Gasteiger partial charge on any atom is 0.253 e. The maximum absolute atomic E-state index is 14.5. The average molecular weight is 608 g/mol. The van der Waals surface area contributed by atoms with Crippen molar-refractivity contribution >= 4 is 40.7 Å². The second-order valence-electron chi connectivity index (χ2n) is 11.4. The fourth-order valence-corrected chi connectivity index (χ4v) is 7.28. The number of fused-ring (bicyclic) bond motifs is 1. The fraction of sp³-hybridized carbons (Fsp3) is 0.424. The Hall–Kier alpha value is -3.66. The van der Waals surface area contributed by atoms with E-state index in [9.17, 15) is 19.5 Å². The van der Waals surface area contributed by atoms with Crippen LogP contribution in [0.25, 0.3) is 0 Å². The Bertz CT molecular complexity index is 1400. The lowest BCUT2D eigenvalue weighted by molar-refractivity contribution is -0.145. The molecular weight excluding hydrogens is 570 g/mol. The van der Waals surface area contributed by atoms with Gasteiger partial charge in [0.25, 0.3) is 5.91 Å². The number of carbonyl (C=O) groups excluding carboxylic acids is 3. The molecule has 3 heterocycles. The summed E-state index contributed by atoms with van der Waals surface area (Å²) < 4.78 is 12.3. The van der Waals surface area contributed by atoms with Crippen LogP contribution >= 0.6 is 11.6 Å². The minimum Gasteiger partial charge on any atom is -0.494 e. The van der Waals surface area contributed by atoms with Crippen molar-refractivity contribution in [3.05, 3.63) is 78.9 Å². The van der Waals surface area contributed by atoms with Gasteiger partial charge in [-0.25, -0.2) is 0 Å².